The second-order valence-electron chi connectivity index (χ2n) is 15.3. The minimum Gasteiger partial charge on any atom is -0.311 e. The van der Waals surface area contributed by atoms with Crippen molar-refractivity contribution in [1.82, 2.24) is 0 Å². The Morgan fingerprint density at radius 3 is 1.28 bits per heavy atom. The number of benzene rings is 10. The number of hydrogen-bond donors (Lipinski definition) is 0. The first-order valence-corrected chi connectivity index (χ1v) is 21.3. The van der Waals surface area contributed by atoms with Gasteiger partial charge in [0.2, 0.25) is 0 Å². The van der Waals surface area contributed by atoms with E-state index in [0.717, 1.165) is 17.1 Å². The summed E-state index contributed by atoms with van der Waals surface area (Å²) < 4.78 is 2.64. The summed E-state index contributed by atoms with van der Waals surface area (Å²) in [5.74, 6) is 0. The SMILES string of the molecule is c1ccc(-c2cc(-c3ccccc3)cc(-c3ccc(N(c4ccc(-c5cccc6ccccc56)cc4)c4ccc(-c5cccc6sc7ccccc7c56)cc4)cc3)c2)cc1. The van der Waals surface area contributed by atoms with Crippen LogP contribution >= 0.6 is 11.3 Å². The van der Waals surface area contributed by atoms with Crippen LogP contribution in [0.3, 0.4) is 0 Å². The van der Waals surface area contributed by atoms with E-state index in [0.29, 0.717) is 0 Å². The van der Waals surface area contributed by atoms with Gasteiger partial charge in [0.15, 0.2) is 0 Å². The van der Waals surface area contributed by atoms with Crippen molar-refractivity contribution in [3.05, 3.63) is 237 Å². The Hall–Kier alpha value is -7.52. The highest BCUT2D eigenvalue weighted by Crippen LogP contribution is 2.43. The fourth-order valence-corrected chi connectivity index (χ4v) is 9.84. The molecule has 0 atom stereocenters. The summed E-state index contributed by atoms with van der Waals surface area (Å²) in [7, 11) is 0. The van der Waals surface area contributed by atoms with E-state index in [1.54, 1.807) is 0 Å². The van der Waals surface area contributed by atoms with E-state index >= 15 is 0 Å². The third-order valence-electron chi connectivity index (χ3n) is 11.7. The molecular formula is C58H39NS. The fourth-order valence-electron chi connectivity index (χ4n) is 8.71. The average molecular weight is 782 g/mol. The topological polar surface area (TPSA) is 3.24 Å². The van der Waals surface area contributed by atoms with Gasteiger partial charge in [-0.1, -0.05) is 170 Å². The van der Waals surface area contributed by atoms with Crippen molar-refractivity contribution >= 4 is 59.3 Å². The van der Waals surface area contributed by atoms with Crippen LogP contribution in [0.1, 0.15) is 0 Å². The molecule has 0 bridgehead atoms. The Morgan fingerprint density at radius 1 is 0.267 bits per heavy atom. The van der Waals surface area contributed by atoms with Crippen LogP contribution in [0.2, 0.25) is 0 Å². The molecule has 0 saturated heterocycles. The molecule has 0 spiro atoms. The summed E-state index contributed by atoms with van der Waals surface area (Å²) in [4.78, 5) is 2.37. The number of thiophene rings is 1. The minimum atomic E-state index is 1.10. The molecule has 0 N–H and O–H groups in total. The molecule has 1 aromatic heterocycles. The first-order chi connectivity index (χ1) is 29.7. The largest absolute Gasteiger partial charge is 0.311 e. The van der Waals surface area contributed by atoms with Gasteiger partial charge in [-0.3, -0.25) is 0 Å². The van der Waals surface area contributed by atoms with E-state index in [-0.39, 0.29) is 0 Å². The predicted octanol–water partition coefficient (Wildman–Crippen LogP) is 17.0. The van der Waals surface area contributed by atoms with Gasteiger partial charge < -0.3 is 4.90 Å². The third-order valence-corrected chi connectivity index (χ3v) is 12.8. The summed E-state index contributed by atoms with van der Waals surface area (Å²) in [6, 6.07) is 86.1. The van der Waals surface area contributed by atoms with Crippen molar-refractivity contribution in [3.8, 4) is 55.6 Å². The van der Waals surface area contributed by atoms with Crippen molar-refractivity contribution in [2.75, 3.05) is 4.90 Å². The fraction of sp³-hybridized carbons (Fsp3) is 0. The summed E-state index contributed by atoms with van der Waals surface area (Å²) in [6.45, 7) is 0. The standard InChI is InChI=1S/C58H39NS/c1-3-13-40(14-4-1)46-37-47(41-15-5-2-6-16-41)39-48(38-46)42-25-31-49(32-26-42)59(50-33-27-44(28-34-50)53-21-11-18-43-17-7-8-19-52(43)53)51-35-29-45(30-36-51)54-22-12-24-57-58(54)55-20-9-10-23-56(55)60-57/h1-39H. The van der Waals surface area contributed by atoms with Crippen LogP contribution < -0.4 is 4.90 Å². The maximum absolute atomic E-state index is 2.37. The minimum absolute atomic E-state index is 1.10. The molecule has 282 valence electrons. The summed E-state index contributed by atoms with van der Waals surface area (Å²) in [5, 5.41) is 5.15. The van der Waals surface area contributed by atoms with Crippen LogP contribution in [0.4, 0.5) is 17.1 Å². The Labute approximate surface area is 354 Å². The van der Waals surface area contributed by atoms with Gasteiger partial charge in [-0.15, -0.1) is 11.3 Å². The van der Waals surface area contributed by atoms with E-state index in [1.807, 2.05) is 11.3 Å². The van der Waals surface area contributed by atoms with Crippen molar-refractivity contribution in [2.24, 2.45) is 0 Å². The molecule has 1 heterocycles. The lowest BCUT2D eigenvalue weighted by Gasteiger charge is -2.26. The van der Waals surface area contributed by atoms with Gasteiger partial charge in [-0.2, -0.15) is 0 Å². The molecule has 0 aliphatic rings. The van der Waals surface area contributed by atoms with Gasteiger partial charge in [0, 0.05) is 37.2 Å². The Morgan fingerprint density at radius 2 is 0.683 bits per heavy atom. The summed E-state index contributed by atoms with van der Waals surface area (Å²) >= 11 is 1.86. The summed E-state index contributed by atoms with van der Waals surface area (Å²) in [5.41, 5.74) is 15.4. The molecule has 60 heavy (non-hydrogen) atoms. The molecule has 0 saturated carbocycles. The zero-order valence-electron chi connectivity index (χ0n) is 32.9. The first-order valence-electron chi connectivity index (χ1n) is 20.5. The van der Waals surface area contributed by atoms with Crippen LogP contribution in [-0.4, -0.2) is 0 Å². The van der Waals surface area contributed by atoms with Crippen LogP contribution in [0, 0.1) is 0 Å². The first kappa shape index (κ1) is 35.6. The Balaban J connectivity index is 1.00. The molecule has 10 aromatic carbocycles. The quantitative estimate of drug-likeness (QED) is 0.148. The second-order valence-corrected chi connectivity index (χ2v) is 16.4. The van der Waals surface area contributed by atoms with Crippen LogP contribution in [0.15, 0.2) is 237 Å². The zero-order chi connectivity index (χ0) is 39.8. The number of fused-ring (bicyclic) bond motifs is 4. The molecule has 0 unspecified atom stereocenters. The molecule has 11 aromatic rings. The van der Waals surface area contributed by atoms with Crippen molar-refractivity contribution in [1.29, 1.82) is 0 Å². The normalized spacial score (nSPS) is 11.3. The second kappa shape index (κ2) is 15.3. The highest BCUT2D eigenvalue weighted by molar-refractivity contribution is 7.25. The monoisotopic (exact) mass is 781 g/mol. The lowest BCUT2D eigenvalue weighted by atomic mass is 9.93. The molecule has 0 amide bonds. The molecule has 2 heteroatoms. The molecular weight excluding hydrogens is 743 g/mol. The maximum Gasteiger partial charge on any atom is 0.0462 e. The van der Waals surface area contributed by atoms with Crippen LogP contribution in [0.5, 0.6) is 0 Å². The van der Waals surface area contributed by atoms with Gasteiger partial charge in [0.05, 0.1) is 0 Å². The Kier molecular flexibility index (Phi) is 9.11. The Bertz CT molecular complexity index is 3210. The lowest BCUT2D eigenvalue weighted by Crippen LogP contribution is -2.09. The molecule has 0 fully saturated rings. The maximum atomic E-state index is 2.37. The van der Waals surface area contributed by atoms with Gasteiger partial charge >= 0.3 is 0 Å². The van der Waals surface area contributed by atoms with Crippen molar-refractivity contribution in [2.45, 2.75) is 0 Å². The molecule has 0 aliphatic heterocycles. The van der Waals surface area contributed by atoms with E-state index in [2.05, 4.69) is 241 Å². The highest BCUT2D eigenvalue weighted by Gasteiger charge is 2.16. The number of anilines is 3. The summed E-state index contributed by atoms with van der Waals surface area (Å²) in [6.07, 6.45) is 0. The van der Waals surface area contributed by atoms with Crippen LogP contribution in [0.25, 0.3) is 86.6 Å². The number of rotatable bonds is 8. The van der Waals surface area contributed by atoms with Gasteiger partial charge in [-0.05, 0) is 133 Å². The van der Waals surface area contributed by atoms with Gasteiger partial charge in [-0.25, -0.2) is 0 Å². The van der Waals surface area contributed by atoms with Crippen LogP contribution in [-0.2, 0) is 0 Å². The van der Waals surface area contributed by atoms with E-state index in [9.17, 15) is 0 Å². The van der Waals surface area contributed by atoms with E-state index in [1.165, 1.54) is 86.6 Å². The van der Waals surface area contributed by atoms with Crippen molar-refractivity contribution in [3.63, 3.8) is 0 Å². The molecule has 11 rings (SSSR count). The average Bonchev–Trinajstić information content (AvgIpc) is 3.72. The number of nitrogens with zero attached hydrogens (tertiary/aromatic N) is 1. The highest BCUT2D eigenvalue weighted by atomic mass is 32.1. The van der Waals surface area contributed by atoms with E-state index < -0.39 is 0 Å². The van der Waals surface area contributed by atoms with Gasteiger partial charge in [0.1, 0.15) is 0 Å². The van der Waals surface area contributed by atoms with Crippen molar-refractivity contribution < 1.29 is 0 Å². The van der Waals surface area contributed by atoms with E-state index in [4.69, 9.17) is 0 Å². The lowest BCUT2D eigenvalue weighted by molar-refractivity contribution is 1.28. The third kappa shape index (κ3) is 6.63. The predicted molar refractivity (Wildman–Crippen MR) is 259 cm³/mol. The molecule has 1 nitrogen and oxygen atoms in total. The number of hydrogen-bond acceptors (Lipinski definition) is 2. The molecule has 0 aliphatic carbocycles. The molecule has 0 radical (unpaired) electrons. The smallest absolute Gasteiger partial charge is 0.0462 e. The zero-order valence-corrected chi connectivity index (χ0v) is 33.7. The van der Waals surface area contributed by atoms with Gasteiger partial charge in [0.25, 0.3) is 0 Å².